The van der Waals surface area contributed by atoms with Crippen molar-refractivity contribution in [2.45, 2.75) is 38.6 Å². The Labute approximate surface area is 117 Å². The number of hydrogen-bond acceptors (Lipinski definition) is 4. The summed E-state index contributed by atoms with van der Waals surface area (Å²) in [6, 6.07) is 0.460. The molecule has 4 nitrogen and oxygen atoms in total. The van der Waals surface area contributed by atoms with Crippen LogP contribution < -0.4 is 5.32 Å². The van der Waals surface area contributed by atoms with Gasteiger partial charge in [-0.3, -0.25) is 0 Å². The van der Waals surface area contributed by atoms with Crippen LogP contribution in [-0.2, 0) is 14.2 Å². The third-order valence-corrected chi connectivity index (χ3v) is 4.18. The summed E-state index contributed by atoms with van der Waals surface area (Å²) in [6.07, 6.45) is 4.64. The lowest BCUT2D eigenvalue weighted by Crippen LogP contribution is -2.41. The standard InChI is InChI=1S/C15H29NO3/c1-2-6-16-15(14-5-9-18-11-14)12-19-10-13-3-7-17-8-4-13/h13-16H,2-12H2,1H3. The molecule has 0 aromatic rings. The van der Waals surface area contributed by atoms with Crippen LogP contribution in [0, 0.1) is 11.8 Å². The van der Waals surface area contributed by atoms with Crippen molar-refractivity contribution in [3.05, 3.63) is 0 Å². The van der Waals surface area contributed by atoms with Gasteiger partial charge in [-0.2, -0.15) is 0 Å². The molecule has 0 amide bonds. The highest BCUT2D eigenvalue weighted by molar-refractivity contribution is 4.79. The predicted molar refractivity (Wildman–Crippen MR) is 75.4 cm³/mol. The maximum atomic E-state index is 5.97. The first-order chi connectivity index (χ1) is 9.40. The van der Waals surface area contributed by atoms with Gasteiger partial charge in [0.1, 0.15) is 0 Å². The van der Waals surface area contributed by atoms with Crippen molar-refractivity contribution < 1.29 is 14.2 Å². The number of ether oxygens (including phenoxy) is 3. The van der Waals surface area contributed by atoms with Crippen LogP contribution in [0.1, 0.15) is 32.6 Å². The first-order valence-corrected chi connectivity index (χ1v) is 7.86. The van der Waals surface area contributed by atoms with Gasteiger partial charge in [0.25, 0.3) is 0 Å². The van der Waals surface area contributed by atoms with Gasteiger partial charge in [-0.25, -0.2) is 0 Å². The fourth-order valence-corrected chi connectivity index (χ4v) is 2.84. The SMILES string of the molecule is CCCNC(COCC1CCOCC1)C1CCOC1. The third kappa shape index (κ3) is 5.38. The van der Waals surface area contributed by atoms with Gasteiger partial charge in [0.2, 0.25) is 0 Å². The first kappa shape index (κ1) is 15.2. The maximum absolute atomic E-state index is 5.97. The summed E-state index contributed by atoms with van der Waals surface area (Å²) in [4.78, 5) is 0. The molecule has 1 N–H and O–H groups in total. The molecule has 0 aromatic heterocycles. The van der Waals surface area contributed by atoms with E-state index in [1.807, 2.05) is 0 Å². The van der Waals surface area contributed by atoms with Crippen LogP contribution in [0.3, 0.4) is 0 Å². The van der Waals surface area contributed by atoms with E-state index in [4.69, 9.17) is 14.2 Å². The van der Waals surface area contributed by atoms with E-state index in [1.54, 1.807) is 0 Å². The summed E-state index contributed by atoms with van der Waals surface area (Å²) in [7, 11) is 0. The van der Waals surface area contributed by atoms with Crippen LogP contribution in [0.15, 0.2) is 0 Å². The molecule has 2 heterocycles. The molecule has 2 aliphatic rings. The molecule has 2 rings (SSSR count). The molecule has 0 bridgehead atoms. The molecule has 2 saturated heterocycles. The van der Waals surface area contributed by atoms with E-state index < -0.39 is 0 Å². The molecular formula is C15H29NO3. The van der Waals surface area contributed by atoms with E-state index in [0.717, 1.165) is 59.0 Å². The summed E-state index contributed by atoms with van der Waals surface area (Å²) >= 11 is 0. The smallest absolute Gasteiger partial charge is 0.0623 e. The van der Waals surface area contributed by atoms with Crippen molar-refractivity contribution in [1.29, 1.82) is 0 Å². The largest absolute Gasteiger partial charge is 0.381 e. The van der Waals surface area contributed by atoms with Gasteiger partial charge in [0.05, 0.1) is 13.2 Å². The molecule has 2 unspecified atom stereocenters. The summed E-state index contributed by atoms with van der Waals surface area (Å²) in [5, 5.41) is 3.62. The summed E-state index contributed by atoms with van der Waals surface area (Å²) in [5.74, 6) is 1.32. The topological polar surface area (TPSA) is 39.7 Å². The Bertz CT molecular complexity index is 225. The van der Waals surface area contributed by atoms with E-state index in [0.29, 0.717) is 17.9 Å². The highest BCUT2D eigenvalue weighted by atomic mass is 16.5. The predicted octanol–water partition coefficient (Wildman–Crippen LogP) is 1.83. The highest BCUT2D eigenvalue weighted by Crippen LogP contribution is 2.19. The van der Waals surface area contributed by atoms with Crippen LogP contribution in [0.25, 0.3) is 0 Å². The average Bonchev–Trinajstić information content (AvgIpc) is 2.98. The lowest BCUT2D eigenvalue weighted by molar-refractivity contribution is 0.0103. The molecule has 19 heavy (non-hydrogen) atoms. The lowest BCUT2D eigenvalue weighted by atomic mass is 9.99. The van der Waals surface area contributed by atoms with Crippen LogP contribution in [0.5, 0.6) is 0 Å². The zero-order chi connectivity index (χ0) is 13.3. The number of nitrogens with one attached hydrogen (secondary N) is 1. The minimum Gasteiger partial charge on any atom is -0.381 e. The van der Waals surface area contributed by atoms with Gasteiger partial charge in [0.15, 0.2) is 0 Å². The van der Waals surface area contributed by atoms with Crippen LogP contribution in [0.2, 0.25) is 0 Å². The van der Waals surface area contributed by atoms with Crippen molar-refractivity contribution in [3.8, 4) is 0 Å². The second kappa shape index (κ2) is 8.90. The van der Waals surface area contributed by atoms with Gasteiger partial charge in [-0.1, -0.05) is 6.92 Å². The molecule has 0 spiro atoms. The molecule has 2 fully saturated rings. The Hall–Kier alpha value is -0.160. The third-order valence-electron chi connectivity index (χ3n) is 4.18. The Kier molecular flexibility index (Phi) is 7.14. The van der Waals surface area contributed by atoms with Crippen molar-refractivity contribution in [2.24, 2.45) is 11.8 Å². The Morgan fingerprint density at radius 3 is 2.63 bits per heavy atom. The Balaban J connectivity index is 1.66. The van der Waals surface area contributed by atoms with Crippen LogP contribution in [-0.4, -0.2) is 52.2 Å². The minimum atomic E-state index is 0.460. The second-order valence-corrected chi connectivity index (χ2v) is 5.78. The lowest BCUT2D eigenvalue weighted by Gasteiger charge is -2.26. The van der Waals surface area contributed by atoms with Crippen molar-refractivity contribution in [2.75, 3.05) is 46.2 Å². The molecule has 0 aromatic carbocycles. The quantitative estimate of drug-likeness (QED) is 0.731. The average molecular weight is 271 g/mol. The molecule has 0 radical (unpaired) electrons. The first-order valence-electron chi connectivity index (χ1n) is 7.86. The second-order valence-electron chi connectivity index (χ2n) is 5.78. The summed E-state index contributed by atoms with van der Waals surface area (Å²) < 4.78 is 16.9. The van der Waals surface area contributed by atoms with E-state index in [-0.39, 0.29) is 0 Å². The summed E-state index contributed by atoms with van der Waals surface area (Å²) in [5.41, 5.74) is 0. The van der Waals surface area contributed by atoms with Crippen molar-refractivity contribution in [3.63, 3.8) is 0 Å². The molecule has 112 valence electrons. The zero-order valence-electron chi connectivity index (χ0n) is 12.2. The van der Waals surface area contributed by atoms with E-state index in [9.17, 15) is 0 Å². The summed E-state index contributed by atoms with van der Waals surface area (Å²) in [6.45, 7) is 8.60. The molecule has 0 aliphatic carbocycles. The highest BCUT2D eigenvalue weighted by Gasteiger charge is 2.25. The van der Waals surface area contributed by atoms with Gasteiger partial charge in [-0.05, 0) is 38.1 Å². The molecule has 2 aliphatic heterocycles. The fourth-order valence-electron chi connectivity index (χ4n) is 2.84. The Morgan fingerprint density at radius 1 is 1.16 bits per heavy atom. The van der Waals surface area contributed by atoms with Crippen molar-refractivity contribution >= 4 is 0 Å². The number of hydrogen-bond donors (Lipinski definition) is 1. The van der Waals surface area contributed by atoms with Crippen LogP contribution >= 0.6 is 0 Å². The minimum absolute atomic E-state index is 0.460. The maximum Gasteiger partial charge on any atom is 0.0623 e. The van der Waals surface area contributed by atoms with E-state index in [2.05, 4.69) is 12.2 Å². The number of rotatable bonds is 8. The molecule has 0 saturated carbocycles. The zero-order valence-corrected chi connectivity index (χ0v) is 12.2. The van der Waals surface area contributed by atoms with Gasteiger partial charge < -0.3 is 19.5 Å². The van der Waals surface area contributed by atoms with Crippen LogP contribution in [0.4, 0.5) is 0 Å². The normalized spacial score (nSPS) is 26.7. The van der Waals surface area contributed by atoms with Gasteiger partial charge >= 0.3 is 0 Å². The van der Waals surface area contributed by atoms with Gasteiger partial charge in [-0.15, -0.1) is 0 Å². The van der Waals surface area contributed by atoms with E-state index >= 15 is 0 Å². The van der Waals surface area contributed by atoms with E-state index in [1.165, 1.54) is 12.8 Å². The van der Waals surface area contributed by atoms with Gasteiger partial charge in [0, 0.05) is 38.4 Å². The molecular weight excluding hydrogens is 242 g/mol. The molecule has 4 heteroatoms. The monoisotopic (exact) mass is 271 g/mol. The van der Waals surface area contributed by atoms with Crippen molar-refractivity contribution in [1.82, 2.24) is 5.32 Å². The Morgan fingerprint density at radius 2 is 1.95 bits per heavy atom. The molecule has 2 atom stereocenters. The fraction of sp³-hybridized carbons (Fsp3) is 1.00.